The molecule has 3 rings (SSSR count). The molecule has 1 aliphatic heterocycles. The van der Waals surface area contributed by atoms with Crippen LogP contribution in [0.5, 0.6) is 17.2 Å². The van der Waals surface area contributed by atoms with Crippen LogP contribution in [-0.2, 0) is 14.3 Å². The SMILES string of the molecule is CC(=O)N[C@H]1[C@H]([C@@H](O)[C@H](O)CO)O[C@](Oc2ccc(Oc3ccccc3)cc2)(C(=O)O)C[C@@H]1O. The van der Waals surface area contributed by atoms with Gasteiger partial charge in [0.1, 0.15) is 35.6 Å². The maximum atomic E-state index is 12.2. The fourth-order valence-corrected chi connectivity index (χ4v) is 3.62. The summed E-state index contributed by atoms with van der Waals surface area (Å²) < 4.78 is 16.9. The minimum Gasteiger partial charge on any atom is -0.476 e. The molecule has 0 aliphatic carbocycles. The molecule has 0 radical (unpaired) electrons. The van der Waals surface area contributed by atoms with E-state index in [9.17, 15) is 35.1 Å². The highest BCUT2D eigenvalue weighted by atomic mass is 16.7. The molecule has 0 unspecified atom stereocenters. The zero-order chi connectivity index (χ0) is 24.9. The largest absolute Gasteiger partial charge is 0.476 e. The van der Waals surface area contributed by atoms with E-state index in [1.165, 1.54) is 12.1 Å². The van der Waals surface area contributed by atoms with Crippen LogP contribution >= 0.6 is 0 Å². The second-order valence-corrected chi connectivity index (χ2v) is 7.87. The van der Waals surface area contributed by atoms with E-state index in [1.807, 2.05) is 18.2 Å². The Hall–Kier alpha value is -3.22. The molecule has 1 amide bonds. The van der Waals surface area contributed by atoms with Gasteiger partial charge in [0.25, 0.3) is 0 Å². The molecule has 2 aromatic carbocycles. The predicted molar refractivity (Wildman–Crippen MR) is 116 cm³/mol. The zero-order valence-electron chi connectivity index (χ0n) is 18.3. The minimum absolute atomic E-state index is 0.0592. The second-order valence-electron chi connectivity index (χ2n) is 7.87. The highest BCUT2D eigenvalue weighted by Crippen LogP contribution is 2.35. The number of hydrogen-bond acceptors (Lipinski definition) is 9. The summed E-state index contributed by atoms with van der Waals surface area (Å²) in [6.07, 6.45) is -7.33. The maximum absolute atomic E-state index is 12.2. The lowest BCUT2D eigenvalue weighted by Crippen LogP contribution is -2.68. The van der Waals surface area contributed by atoms with Crippen molar-refractivity contribution in [3.8, 4) is 17.2 Å². The molecule has 34 heavy (non-hydrogen) atoms. The van der Waals surface area contributed by atoms with E-state index in [0.29, 0.717) is 11.5 Å². The minimum atomic E-state index is -2.46. The molecule has 11 nitrogen and oxygen atoms in total. The van der Waals surface area contributed by atoms with Crippen molar-refractivity contribution in [2.24, 2.45) is 0 Å². The third-order valence-electron chi connectivity index (χ3n) is 5.27. The fourth-order valence-electron chi connectivity index (χ4n) is 3.62. The normalized spacial score (nSPS) is 26.2. The summed E-state index contributed by atoms with van der Waals surface area (Å²) in [5.74, 6) is -3.53. The van der Waals surface area contributed by atoms with Gasteiger partial charge in [-0.05, 0) is 36.4 Å². The standard InChI is InChI=1S/C23H27NO10/c1-13(26)24-19-17(27)11-23(22(30)31,34-21(19)20(29)18(28)12-25)33-16-9-7-15(8-10-16)32-14-5-3-2-4-6-14/h2-10,17-21,25,27-29H,11-12H2,1H3,(H,24,26)(H,30,31)/t17-,18+,19+,20-,21+,23-/m0/s1. The van der Waals surface area contributed by atoms with Crippen molar-refractivity contribution >= 4 is 11.9 Å². The number of para-hydroxylation sites is 1. The quantitative estimate of drug-likeness (QED) is 0.288. The number of rotatable bonds is 9. The summed E-state index contributed by atoms with van der Waals surface area (Å²) >= 11 is 0. The van der Waals surface area contributed by atoms with Crippen LogP contribution in [0, 0.1) is 0 Å². The van der Waals surface area contributed by atoms with Gasteiger partial charge in [-0.25, -0.2) is 4.79 Å². The third kappa shape index (κ3) is 5.82. The van der Waals surface area contributed by atoms with Gasteiger partial charge in [0, 0.05) is 6.92 Å². The number of nitrogens with one attached hydrogen (secondary N) is 1. The molecule has 1 fully saturated rings. The molecular weight excluding hydrogens is 450 g/mol. The van der Waals surface area contributed by atoms with Crippen LogP contribution in [0.25, 0.3) is 0 Å². The van der Waals surface area contributed by atoms with E-state index in [-0.39, 0.29) is 5.75 Å². The van der Waals surface area contributed by atoms with Crippen LogP contribution in [-0.4, -0.2) is 80.3 Å². The first kappa shape index (κ1) is 25.4. The Kier molecular flexibility index (Phi) is 8.07. The molecule has 0 saturated carbocycles. The van der Waals surface area contributed by atoms with E-state index in [4.69, 9.17) is 14.2 Å². The molecule has 6 atom stereocenters. The number of benzene rings is 2. The highest BCUT2D eigenvalue weighted by molar-refractivity contribution is 5.77. The zero-order valence-corrected chi connectivity index (χ0v) is 18.3. The lowest BCUT2D eigenvalue weighted by molar-refractivity contribution is -0.284. The van der Waals surface area contributed by atoms with Gasteiger partial charge in [0.2, 0.25) is 5.91 Å². The number of hydrogen-bond donors (Lipinski definition) is 6. The Labute approximate surface area is 195 Å². The average Bonchev–Trinajstić information content (AvgIpc) is 2.81. The summed E-state index contributed by atoms with van der Waals surface area (Å²) in [7, 11) is 0. The topological polar surface area (TPSA) is 175 Å². The van der Waals surface area contributed by atoms with Crippen molar-refractivity contribution < 1.29 is 49.3 Å². The molecule has 1 saturated heterocycles. The molecule has 11 heteroatoms. The van der Waals surface area contributed by atoms with Crippen LogP contribution in [0.2, 0.25) is 0 Å². The number of carboxylic acid groups (broad SMARTS) is 1. The molecule has 6 N–H and O–H groups in total. The predicted octanol–water partition coefficient (Wildman–Crippen LogP) is 0.00720. The van der Waals surface area contributed by atoms with Crippen LogP contribution in [0.4, 0.5) is 0 Å². The Morgan fingerprint density at radius 1 is 1.09 bits per heavy atom. The van der Waals surface area contributed by atoms with E-state index in [1.54, 1.807) is 24.3 Å². The van der Waals surface area contributed by atoms with E-state index in [0.717, 1.165) is 6.92 Å². The number of carbonyl (C=O) groups excluding carboxylic acids is 1. The molecule has 0 spiro atoms. The van der Waals surface area contributed by atoms with Gasteiger partial charge in [0.15, 0.2) is 0 Å². The number of amides is 1. The summed E-state index contributed by atoms with van der Waals surface area (Å²) in [5.41, 5.74) is 0. The first-order valence-electron chi connectivity index (χ1n) is 10.5. The average molecular weight is 477 g/mol. The van der Waals surface area contributed by atoms with Crippen molar-refractivity contribution in [1.82, 2.24) is 5.32 Å². The van der Waals surface area contributed by atoms with Crippen molar-refractivity contribution in [2.75, 3.05) is 6.61 Å². The van der Waals surface area contributed by atoms with Gasteiger partial charge in [-0.3, -0.25) is 4.79 Å². The van der Waals surface area contributed by atoms with E-state index in [2.05, 4.69) is 5.32 Å². The fraction of sp³-hybridized carbons (Fsp3) is 0.391. The van der Waals surface area contributed by atoms with Crippen molar-refractivity contribution in [1.29, 1.82) is 0 Å². The Morgan fingerprint density at radius 2 is 1.68 bits per heavy atom. The van der Waals surface area contributed by atoms with Crippen LogP contribution < -0.4 is 14.8 Å². The van der Waals surface area contributed by atoms with Crippen molar-refractivity contribution in [2.45, 2.75) is 49.6 Å². The first-order chi connectivity index (χ1) is 16.1. The summed E-state index contributed by atoms with van der Waals surface area (Å²) in [5, 5.41) is 52.5. The van der Waals surface area contributed by atoms with Gasteiger partial charge in [-0.2, -0.15) is 0 Å². The van der Waals surface area contributed by atoms with Crippen molar-refractivity contribution in [3.63, 3.8) is 0 Å². The number of ether oxygens (including phenoxy) is 3. The molecule has 1 heterocycles. The molecule has 0 aromatic heterocycles. The summed E-state index contributed by atoms with van der Waals surface area (Å²) in [4.78, 5) is 23.8. The molecule has 1 aliphatic rings. The van der Waals surface area contributed by atoms with Gasteiger partial charge in [-0.1, -0.05) is 18.2 Å². The smallest absolute Gasteiger partial charge is 0.377 e. The molecule has 184 valence electrons. The Balaban J connectivity index is 1.84. The number of aliphatic hydroxyl groups excluding tert-OH is 4. The van der Waals surface area contributed by atoms with Gasteiger partial charge in [-0.15, -0.1) is 0 Å². The Bertz CT molecular complexity index is 969. The molecule has 2 aromatic rings. The number of aliphatic carboxylic acids is 1. The maximum Gasteiger partial charge on any atom is 0.377 e. The summed E-state index contributed by atoms with van der Waals surface area (Å²) in [6.45, 7) is 0.293. The van der Waals surface area contributed by atoms with E-state index < -0.39 is 61.1 Å². The van der Waals surface area contributed by atoms with Crippen molar-refractivity contribution in [3.05, 3.63) is 54.6 Å². The van der Waals surface area contributed by atoms with E-state index >= 15 is 0 Å². The van der Waals surface area contributed by atoms with Crippen LogP contribution in [0.15, 0.2) is 54.6 Å². The third-order valence-corrected chi connectivity index (χ3v) is 5.27. The highest BCUT2D eigenvalue weighted by Gasteiger charge is 2.56. The van der Waals surface area contributed by atoms with Gasteiger partial charge in [0.05, 0.1) is 25.2 Å². The Morgan fingerprint density at radius 3 is 2.24 bits per heavy atom. The second kappa shape index (κ2) is 10.8. The van der Waals surface area contributed by atoms with Gasteiger partial charge < -0.3 is 45.1 Å². The first-order valence-corrected chi connectivity index (χ1v) is 10.5. The number of aliphatic hydroxyl groups is 4. The number of carbonyl (C=O) groups is 2. The van der Waals surface area contributed by atoms with Crippen LogP contribution in [0.3, 0.4) is 0 Å². The molecule has 0 bridgehead atoms. The van der Waals surface area contributed by atoms with Gasteiger partial charge >= 0.3 is 11.8 Å². The molecular formula is C23H27NO10. The lowest BCUT2D eigenvalue weighted by atomic mass is 9.88. The lowest BCUT2D eigenvalue weighted by Gasteiger charge is -2.46. The van der Waals surface area contributed by atoms with Crippen LogP contribution in [0.1, 0.15) is 13.3 Å². The number of carboxylic acids is 1. The monoisotopic (exact) mass is 477 g/mol. The summed E-state index contributed by atoms with van der Waals surface area (Å²) in [6, 6.07) is 13.7.